The van der Waals surface area contributed by atoms with Gasteiger partial charge < -0.3 is 10.5 Å². The van der Waals surface area contributed by atoms with Crippen LogP contribution in [0.3, 0.4) is 0 Å². The minimum absolute atomic E-state index is 0.248. The number of nitrogens with two attached hydrogens (primary N) is 1. The number of hydrogen-bond acceptors (Lipinski definition) is 4. The van der Waals surface area contributed by atoms with Gasteiger partial charge in [0.05, 0.1) is 17.3 Å². The molecule has 0 amide bonds. The molecule has 3 rings (SSSR count). The van der Waals surface area contributed by atoms with Crippen LogP contribution in [0.25, 0.3) is 0 Å². The normalized spacial score (nSPS) is 31.9. The number of fused-ring (bicyclic) bond motifs is 1. The van der Waals surface area contributed by atoms with E-state index in [1.165, 1.54) is 23.4 Å². The Balaban J connectivity index is 1.84. The van der Waals surface area contributed by atoms with Crippen LogP contribution in [-0.2, 0) is 23.1 Å². The molecule has 1 aliphatic carbocycles. The molecule has 2 heterocycles. The van der Waals surface area contributed by atoms with E-state index in [1.807, 2.05) is 11.3 Å². The van der Waals surface area contributed by atoms with Crippen LogP contribution in [0.1, 0.15) is 48.7 Å². The maximum atomic E-state index is 6.64. The van der Waals surface area contributed by atoms with Gasteiger partial charge in [0.15, 0.2) is 0 Å². The Labute approximate surface area is 113 Å². The molecule has 2 atom stereocenters. The molecule has 2 unspecified atom stereocenters. The zero-order chi connectivity index (χ0) is 12.8. The molecule has 1 aromatic heterocycles. The van der Waals surface area contributed by atoms with E-state index in [1.54, 1.807) is 0 Å². The highest BCUT2D eigenvalue weighted by atomic mass is 32.1. The summed E-state index contributed by atoms with van der Waals surface area (Å²) in [6, 6.07) is 0. The summed E-state index contributed by atoms with van der Waals surface area (Å²) in [6.07, 6.45) is 5.71. The van der Waals surface area contributed by atoms with Gasteiger partial charge in [-0.2, -0.15) is 0 Å². The Hall–Kier alpha value is -0.450. The molecule has 2 N–H and O–H groups in total. The molecule has 0 radical (unpaired) electrons. The molecule has 3 nitrogen and oxygen atoms in total. The summed E-state index contributed by atoms with van der Waals surface area (Å²) >= 11 is 1.85. The van der Waals surface area contributed by atoms with Gasteiger partial charge in [-0.25, -0.2) is 4.98 Å². The summed E-state index contributed by atoms with van der Waals surface area (Å²) in [6.45, 7) is 5.18. The lowest BCUT2D eigenvalue weighted by Crippen LogP contribution is -2.47. The molecule has 0 spiro atoms. The van der Waals surface area contributed by atoms with Gasteiger partial charge in [-0.1, -0.05) is 13.8 Å². The smallest absolute Gasteiger partial charge is 0.113 e. The second-order valence-corrected chi connectivity index (χ2v) is 7.09. The minimum Gasteiger partial charge on any atom is -0.378 e. The van der Waals surface area contributed by atoms with Gasteiger partial charge in [0.1, 0.15) is 5.01 Å². The fourth-order valence-corrected chi connectivity index (χ4v) is 4.23. The first-order valence-electron chi connectivity index (χ1n) is 6.98. The van der Waals surface area contributed by atoms with Gasteiger partial charge in [0.2, 0.25) is 0 Å². The van der Waals surface area contributed by atoms with Crippen molar-refractivity contribution < 1.29 is 4.74 Å². The molecule has 100 valence electrons. The Bertz CT molecular complexity index is 422. The van der Waals surface area contributed by atoms with E-state index in [0.717, 1.165) is 30.9 Å². The van der Waals surface area contributed by atoms with E-state index in [4.69, 9.17) is 15.5 Å². The topological polar surface area (TPSA) is 48.1 Å². The van der Waals surface area contributed by atoms with Crippen molar-refractivity contribution in [3.63, 3.8) is 0 Å². The Morgan fingerprint density at radius 3 is 3.00 bits per heavy atom. The van der Waals surface area contributed by atoms with Crippen molar-refractivity contribution in [1.82, 2.24) is 4.98 Å². The predicted octanol–water partition coefficient (Wildman–Crippen LogP) is 2.62. The summed E-state index contributed by atoms with van der Waals surface area (Å²) in [4.78, 5) is 6.29. The zero-order valence-electron chi connectivity index (χ0n) is 11.2. The summed E-state index contributed by atoms with van der Waals surface area (Å²) in [5.41, 5.74) is 7.70. The van der Waals surface area contributed by atoms with E-state index in [-0.39, 0.29) is 11.6 Å². The molecule has 0 saturated carbocycles. The lowest BCUT2D eigenvalue weighted by Gasteiger charge is -2.38. The second-order valence-electron chi connectivity index (χ2n) is 6.01. The van der Waals surface area contributed by atoms with Crippen molar-refractivity contribution in [3.05, 3.63) is 15.6 Å². The Morgan fingerprint density at radius 1 is 1.44 bits per heavy atom. The van der Waals surface area contributed by atoms with Crippen LogP contribution >= 0.6 is 11.3 Å². The number of rotatable bonds is 2. The lowest BCUT2D eigenvalue weighted by atomic mass is 9.84. The van der Waals surface area contributed by atoms with Gasteiger partial charge in [0, 0.05) is 11.5 Å². The molecule has 2 aliphatic rings. The average Bonchev–Trinajstić information content (AvgIpc) is 2.89. The molecule has 0 aromatic carbocycles. The first-order chi connectivity index (χ1) is 8.58. The van der Waals surface area contributed by atoms with Crippen LogP contribution in [0.5, 0.6) is 0 Å². The van der Waals surface area contributed by atoms with Crippen molar-refractivity contribution in [1.29, 1.82) is 0 Å². The fraction of sp³-hybridized carbons (Fsp3) is 0.786. The van der Waals surface area contributed by atoms with Crippen LogP contribution in [-0.4, -0.2) is 17.7 Å². The van der Waals surface area contributed by atoms with Gasteiger partial charge in [-0.15, -0.1) is 11.3 Å². The highest BCUT2D eigenvalue weighted by molar-refractivity contribution is 7.12. The SMILES string of the molecule is CC(C)C1CC(N)(c2nc3c(s2)CCC3)CCO1. The standard InChI is InChI=1S/C14H22N2OS/c1-9(2)11-8-14(15,6-7-17-11)13-16-10-4-3-5-12(10)18-13/h9,11H,3-8,15H2,1-2H3. The van der Waals surface area contributed by atoms with Gasteiger partial charge >= 0.3 is 0 Å². The van der Waals surface area contributed by atoms with Gasteiger partial charge in [-0.05, 0) is 38.0 Å². The van der Waals surface area contributed by atoms with Crippen molar-refractivity contribution in [2.45, 2.75) is 57.6 Å². The zero-order valence-corrected chi connectivity index (χ0v) is 12.1. The summed E-state index contributed by atoms with van der Waals surface area (Å²) in [7, 11) is 0. The van der Waals surface area contributed by atoms with E-state index in [0.29, 0.717) is 5.92 Å². The molecule has 1 saturated heterocycles. The van der Waals surface area contributed by atoms with Crippen molar-refractivity contribution >= 4 is 11.3 Å². The average molecular weight is 266 g/mol. The van der Waals surface area contributed by atoms with Crippen molar-refractivity contribution in [2.24, 2.45) is 11.7 Å². The van der Waals surface area contributed by atoms with Crippen LogP contribution in [0.2, 0.25) is 0 Å². The van der Waals surface area contributed by atoms with E-state index >= 15 is 0 Å². The number of ether oxygens (including phenoxy) is 1. The van der Waals surface area contributed by atoms with Gasteiger partial charge in [-0.3, -0.25) is 0 Å². The second kappa shape index (κ2) is 4.58. The quantitative estimate of drug-likeness (QED) is 0.895. The molecule has 0 bridgehead atoms. The highest BCUT2D eigenvalue weighted by Crippen LogP contribution is 2.39. The van der Waals surface area contributed by atoms with E-state index in [2.05, 4.69) is 13.8 Å². The van der Waals surface area contributed by atoms with Crippen LogP contribution in [0.15, 0.2) is 0 Å². The number of aromatic nitrogens is 1. The molecule has 1 aliphatic heterocycles. The van der Waals surface area contributed by atoms with Crippen LogP contribution in [0.4, 0.5) is 0 Å². The first kappa shape index (κ1) is 12.6. The molecule has 18 heavy (non-hydrogen) atoms. The molecule has 1 aromatic rings. The Kier molecular flexibility index (Phi) is 3.20. The Morgan fingerprint density at radius 2 is 2.28 bits per heavy atom. The third-order valence-corrected chi connectivity index (χ3v) is 5.59. The minimum atomic E-state index is -0.248. The summed E-state index contributed by atoms with van der Waals surface area (Å²) in [5.74, 6) is 0.528. The molecule has 1 fully saturated rings. The molecular formula is C14H22N2OS. The highest BCUT2D eigenvalue weighted by Gasteiger charge is 2.39. The van der Waals surface area contributed by atoms with Crippen molar-refractivity contribution in [3.8, 4) is 0 Å². The van der Waals surface area contributed by atoms with Gasteiger partial charge in [0.25, 0.3) is 0 Å². The summed E-state index contributed by atoms with van der Waals surface area (Å²) in [5, 5.41) is 1.15. The van der Waals surface area contributed by atoms with Crippen LogP contribution < -0.4 is 5.73 Å². The van der Waals surface area contributed by atoms with Crippen molar-refractivity contribution in [2.75, 3.05) is 6.61 Å². The monoisotopic (exact) mass is 266 g/mol. The lowest BCUT2D eigenvalue weighted by molar-refractivity contribution is -0.0438. The largest absolute Gasteiger partial charge is 0.378 e. The molecular weight excluding hydrogens is 244 g/mol. The third kappa shape index (κ3) is 2.10. The first-order valence-corrected chi connectivity index (χ1v) is 7.80. The predicted molar refractivity (Wildman–Crippen MR) is 73.8 cm³/mol. The van der Waals surface area contributed by atoms with E-state index in [9.17, 15) is 0 Å². The third-order valence-electron chi connectivity index (χ3n) is 4.21. The summed E-state index contributed by atoms with van der Waals surface area (Å²) < 4.78 is 5.83. The van der Waals surface area contributed by atoms with E-state index < -0.39 is 0 Å². The van der Waals surface area contributed by atoms with Crippen LogP contribution in [0, 0.1) is 5.92 Å². The maximum Gasteiger partial charge on any atom is 0.113 e. The number of nitrogens with zero attached hydrogens (tertiary/aromatic N) is 1. The number of hydrogen-bond donors (Lipinski definition) is 1. The maximum absolute atomic E-state index is 6.64. The molecule has 4 heteroatoms. The number of thiazole rings is 1. The fourth-order valence-electron chi connectivity index (χ4n) is 2.94. The number of aryl methyl sites for hydroxylation is 2.